The zero-order valence-electron chi connectivity index (χ0n) is 15.2. The van der Waals surface area contributed by atoms with Gasteiger partial charge in [0, 0.05) is 14.2 Å². The third-order valence-electron chi connectivity index (χ3n) is 3.10. The summed E-state index contributed by atoms with van der Waals surface area (Å²) in [6.45, 7) is 0.863. The number of methoxy groups -OCH3 is 3. The van der Waals surface area contributed by atoms with Crippen LogP contribution < -0.4 is 23.6 Å². The first-order valence-corrected chi connectivity index (χ1v) is 7.34. The van der Waals surface area contributed by atoms with Gasteiger partial charge in [0.05, 0.1) is 13.2 Å². The molecule has 0 saturated heterocycles. The van der Waals surface area contributed by atoms with Gasteiger partial charge in [0.2, 0.25) is 0 Å². The van der Waals surface area contributed by atoms with Crippen molar-refractivity contribution >= 4 is 6.08 Å². The summed E-state index contributed by atoms with van der Waals surface area (Å²) >= 11 is 0. The van der Waals surface area contributed by atoms with Gasteiger partial charge in [0.1, 0.15) is 25.4 Å². The Morgan fingerprint density at radius 3 is 2.17 bits per heavy atom. The SMILES string of the molecule is C[N-]C[C@H](OCOC)[C@H](/C=C/c1ccc(OC)cc1)OCOC.[Li+]. The third-order valence-corrected chi connectivity index (χ3v) is 3.10. The molecule has 130 valence electrons. The van der Waals surface area contributed by atoms with Gasteiger partial charge in [-0.25, -0.2) is 0 Å². The van der Waals surface area contributed by atoms with Gasteiger partial charge >= 0.3 is 18.9 Å². The summed E-state index contributed by atoms with van der Waals surface area (Å²) in [5, 5.41) is 4.14. The Hall–Kier alpha value is -0.843. The Balaban J connectivity index is 0.00000529. The summed E-state index contributed by atoms with van der Waals surface area (Å²) in [5.41, 5.74) is 1.04. The quantitative estimate of drug-likeness (QED) is 0.389. The standard InChI is InChI=1S/C17H26NO5.Li/c1-18-11-17(23-13-20-3)16(22-12-19-2)10-7-14-5-8-15(21-4)9-6-14;/h5-10,16-17H,11-13H2,1-4H3;/q-1;+1/b10-7+;/t16-,17-;/m0./s1. The molecule has 0 saturated carbocycles. The molecule has 6 nitrogen and oxygen atoms in total. The van der Waals surface area contributed by atoms with Crippen molar-refractivity contribution in [2.24, 2.45) is 0 Å². The monoisotopic (exact) mass is 331 g/mol. The van der Waals surface area contributed by atoms with Crippen LogP contribution in [-0.4, -0.2) is 60.7 Å². The van der Waals surface area contributed by atoms with E-state index in [4.69, 9.17) is 23.7 Å². The first kappa shape index (κ1) is 23.2. The van der Waals surface area contributed by atoms with Crippen molar-refractivity contribution < 1.29 is 42.5 Å². The molecule has 1 rings (SSSR count). The minimum Gasteiger partial charge on any atom is -0.663 e. The predicted octanol–water partition coefficient (Wildman–Crippen LogP) is -0.306. The molecule has 0 aliphatic rings. The molecule has 0 amide bonds. The number of ether oxygens (including phenoxy) is 5. The van der Waals surface area contributed by atoms with Crippen LogP contribution in [0, 0.1) is 0 Å². The summed E-state index contributed by atoms with van der Waals surface area (Å²) < 4.78 is 26.5. The van der Waals surface area contributed by atoms with Gasteiger partial charge in [-0.2, -0.15) is 7.05 Å². The van der Waals surface area contributed by atoms with Crippen LogP contribution in [0.15, 0.2) is 30.3 Å². The van der Waals surface area contributed by atoms with Crippen molar-refractivity contribution in [2.45, 2.75) is 12.2 Å². The molecule has 0 heterocycles. The van der Waals surface area contributed by atoms with Gasteiger partial charge in [-0.05, 0) is 17.7 Å². The molecule has 0 N–H and O–H groups in total. The summed E-state index contributed by atoms with van der Waals surface area (Å²) in [6.07, 6.45) is 3.37. The summed E-state index contributed by atoms with van der Waals surface area (Å²) in [4.78, 5) is 0. The van der Waals surface area contributed by atoms with Gasteiger partial charge in [-0.1, -0.05) is 24.3 Å². The Morgan fingerprint density at radius 2 is 1.62 bits per heavy atom. The average Bonchev–Trinajstić information content (AvgIpc) is 2.59. The van der Waals surface area contributed by atoms with Crippen LogP contribution in [0.1, 0.15) is 5.56 Å². The van der Waals surface area contributed by atoms with Crippen molar-refractivity contribution in [3.63, 3.8) is 0 Å². The Bertz CT molecular complexity index is 441. The number of likely N-dealkylation sites (N-methyl/N-ethyl adjacent to an activating group) is 1. The van der Waals surface area contributed by atoms with Crippen LogP contribution >= 0.6 is 0 Å². The number of hydrogen-bond donors (Lipinski definition) is 0. The first-order valence-electron chi connectivity index (χ1n) is 7.34. The molecule has 2 atom stereocenters. The number of benzene rings is 1. The van der Waals surface area contributed by atoms with Crippen LogP contribution in [0.4, 0.5) is 0 Å². The van der Waals surface area contributed by atoms with E-state index in [1.807, 2.05) is 36.4 Å². The fourth-order valence-electron chi connectivity index (χ4n) is 1.94. The molecular weight excluding hydrogens is 305 g/mol. The van der Waals surface area contributed by atoms with Gasteiger partial charge < -0.3 is 29.0 Å². The molecule has 0 fully saturated rings. The molecule has 0 aromatic heterocycles. The molecule has 7 heteroatoms. The van der Waals surface area contributed by atoms with Gasteiger partial charge in [-0.3, -0.25) is 0 Å². The number of hydrogen-bond acceptors (Lipinski definition) is 5. The zero-order chi connectivity index (χ0) is 16.9. The fourth-order valence-corrected chi connectivity index (χ4v) is 1.94. The topological polar surface area (TPSA) is 60.3 Å². The maximum Gasteiger partial charge on any atom is 1.00 e. The Kier molecular flexibility index (Phi) is 14.0. The second kappa shape index (κ2) is 14.5. The Labute approximate surface area is 156 Å². The van der Waals surface area contributed by atoms with Crippen molar-refractivity contribution in [2.75, 3.05) is 48.5 Å². The van der Waals surface area contributed by atoms with Crippen molar-refractivity contribution in [1.82, 2.24) is 0 Å². The maximum atomic E-state index is 5.70. The van der Waals surface area contributed by atoms with Crippen LogP contribution in [0.25, 0.3) is 11.4 Å². The summed E-state index contributed by atoms with van der Waals surface area (Å²) in [7, 11) is 6.55. The van der Waals surface area contributed by atoms with E-state index >= 15 is 0 Å². The van der Waals surface area contributed by atoms with Gasteiger partial charge in [-0.15, -0.1) is 6.54 Å². The van der Waals surface area contributed by atoms with Crippen LogP contribution in [0.2, 0.25) is 0 Å². The third kappa shape index (κ3) is 8.86. The molecule has 1 aromatic carbocycles. The van der Waals surface area contributed by atoms with E-state index in [-0.39, 0.29) is 44.7 Å². The summed E-state index contributed by atoms with van der Waals surface area (Å²) in [5.74, 6) is 0.820. The summed E-state index contributed by atoms with van der Waals surface area (Å²) in [6, 6.07) is 7.76. The molecule has 0 spiro atoms. The Morgan fingerprint density at radius 1 is 1.00 bits per heavy atom. The van der Waals surface area contributed by atoms with Gasteiger partial charge in [0.15, 0.2) is 0 Å². The second-order valence-electron chi connectivity index (χ2n) is 4.78. The van der Waals surface area contributed by atoms with E-state index in [1.165, 1.54) is 0 Å². The van der Waals surface area contributed by atoms with E-state index in [2.05, 4.69) is 5.32 Å². The molecule has 0 unspecified atom stereocenters. The number of rotatable bonds is 12. The molecule has 0 radical (unpaired) electrons. The normalized spacial score (nSPS) is 13.5. The van der Waals surface area contributed by atoms with Crippen molar-refractivity contribution in [1.29, 1.82) is 0 Å². The predicted molar refractivity (Wildman–Crippen MR) is 89.7 cm³/mol. The first-order chi connectivity index (χ1) is 11.2. The van der Waals surface area contributed by atoms with E-state index in [9.17, 15) is 0 Å². The molecule has 0 bridgehead atoms. The molecular formula is C17H26LiNO5. The van der Waals surface area contributed by atoms with E-state index in [0.29, 0.717) is 6.54 Å². The maximum absolute atomic E-state index is 5.70. The van der Waals surface area contributed by atoms with E-state index in [0.717, 1.165) is 11.3 Å². The van der Waals surface area contributed by atoms with E-state index in [1.54, 1.807) is 28.4 Å². The minimum atomic E-state index is -0.295. The molecule has 1 aromatic rings. The van der Waals surface area contributed by atoms with E-state index < -0.39 is 0 Å². The van der Waals surface area contributed by atoms with Crippen LogP contribution in [-0.2, 0) is 18.9 Å². The zero-order valence-corrected chi connectivity index (χ0v) is 15.2. The van der Waals surface area contributed by atoms with Crippen molar-refractivity contribution in [3.05, 3.63) is 41.2 Å². The average molecular weight is 331 g/mol. The molecule has 0 aliphatic carbocycles. The largest absolute Gasteiger partial charge is 1.00 e. The number of nitrogens with zero attached hydrogens (tertiary/aromatic N) is 1. The smallest absolute Gasteiger partial charge is 0.663 e. The molecule has 24 heavy (non-hydrogen) atoms. The van der Waals surface area contributed by atoms with Crippen LogP contribution in [0.5, 0.6) is 5.75 Å². The minimum absolute atomic E-state index is 0. The molecule has 0 aliphatic heterocycles. The van der Waals surface area contributed by atoms with Gasteiger partial charge in [0.25, 0.3) is 0 Å². The van der Waals surface area contributed by atoms with Crippen molar-refractivity contribution in [3.8, 4) is 5.75 Å². The second-order valence-corrected chi connectivity index (χ2v) is 4.78. The fraction of sp³-hybridized carbons (Fsp3) is 0.529. The van der Waals surface area contributed by atoms with Crippen LogP contribution in [0.3, 0.4) is 0 Å².